The van der Waals surface area contributed by atoms with Crippen molar-refractivity contribution < 1.29 is 14.3 Å². The van der Waals surface area contributed by atoms with E-state index < -0.39 is 0 Å². The fourth-order valence-corrected chi connectivity index (χ4v) is 3.46. The van der Waals surface area contributed by atoms with Crippen molar-refractivity contribution in [3.63, 3.8) is 0 Å². The summed E-state index contributed by atoms with van der Waals surface area (Å²) in [6.45, 7) is 3.87. The van der Waals surface area contributed by atoms with Crippen LogP contribution in [0.5, 0.6) is 11.5 Å². The highest BCUT2D eigenvalue weighted by Gasteiger charge is 2.21. The first-order valence-electron chi connectivity index (χ1n) is 7.95. The number of hydrogen-bond donors (Lipinski definition) is 1. The van der Waals surface area contributed by atoms with Gasteiger partial charge in [-0.05, 0) is 29.3 Å². The number of carbonyl (C=O) groups is 1. The van der Waals surface area contributed by atoms with Crippen LogP contribution in [0.25, 0.3) is 11.1 Å². The van der Waals surface area contributed by atoms with E-state index >= 15 is 0 Å². The number of carbonyl (C=O) groups excluding carboxylic acids is 1. The van der Waals surface area contributed by atoms with Gasteiger partial charge in [0.1, 0.15) is 17.8 Å². The highest BCUT2D eigenvalue weighted by molar-refractivity contribution is 6.41. The number of halogens is 2. The molecule has 6 nitrogen and oxygen atoms in total. The van der Waals surface area contributed by atoms with E-state index in [0.717, 1.165) is 16.8 Å². The van der Waals surface area contributed by atoms with Gasteiger partial charge in [0.25, 0.3) is 5.91 Å². The lowest BCUT2D eigenvalue weighted by molar-refractivity contribution is -0.119. The molecule has 27 heavy (non-hydrogen) atoms. The third-order valence-corrected chi connectivity index (χ3v) is 4.81. The summed E-state index contributed by atoms with van der Waals surface area (Å²) >= 11 is 13.0. The lowest BCUT2D eigenvalue weighted by atomic mass is 10.0. The average molecular weight is 406 g/mol. The minimum atomic E-state index is -0.315. The van der Waals surface area contributed by atoms with Crippen LogP contribution in [0, 0.1) is 0 Å². The molecule has 1 N–H and O–H groups in total. The molecular formula is C19H17Cl2N3O3. The minimum Gasteiger partial charge on any atom is -0.495 e. The second-order valence-electron chi connectivity index (χ2n) is 5.68. The van der Waals surface area contributed by atoms with Gasteiger partial charge >= 0.3 is 0 Å². The summed E-state index contributed by atoms with van der Waals surface area (Å²) in [4.78, 5) is 15.9. The molecule has 8 heteroatoms. The van der Waals surface area contributed by atoms with Gasteiger partial charge in [-0.25, -0.2) is 4.99 Å². The monoisotopic (exact) mass is 405 g/mol. The molecular weight excluding hydrogens is 389 g/mol. The number of fused-ring (bicyclic) bond motifs is 1. The molecule has 0 saturated heterocycles. The molecule has 0 spiro atoms. The Morgan fingerprint density at radius 2 is 1.89 bits per heavy atom. The van der Waals surface area contributed by atoms with Gasteiger partial charge in [0.2, 0.25) is 0 Å². The number of rotatable bonds is 5. The van der Waals surface area contributed by atoms with E-state index in [-0.39, 0.29) is 5.91 Å². The van der Waals surface area contributed by atoms with E-state index in [1.807, 2.05) is 18.2 Å². The van der Waals surface area contributed by atoms with Gasteiger partial charge in [-0.3, -0.25) is 15.2 Å². The number of aliphatic imine (C=N–C) groups is 1. The first kappa shape index (κ1) is 19.1. The van der Waals surface area contributed by atoms with Gasteiger partial charge in [0, 0.05) is 11.6 Å². The van der Waals surface area contributed by atoms with E-state index in [1.165, 1.54) is 20.3 Å². The molecule has 0 radical (unpaired) electrons. The molecule has 0 aliphatic carbocycles. The Kier molecular flexibility index (Phi) is 5.58. The van der Waals surface area contributed by atoms with Crippen molar-refractivity contribution in [3.8, 4) is 22.6 Å². The Balaban J connectivity index is 2.04. The molecule has 1 aliphatic heterocycles. The predicted molar refractivity (Wildman–Crippen MR) is 107 cm³/mol. The Morgan fingerprint density at radius 3 is 2.48 bits per heavy atom. The van der Waals surface area contributed by atoms with Crippen molar-refractivity contribution in [2.75, 3.05) is 14.2 Å². The van der Waals surface area contributed by atoms with E-state index in [1.54, 1.807) is 17.4 Å². The summed E-state index contributed by atoms with van der Waals surface area (Å²) in [5.74, 6) is 0.608. The fraction of sp³-hybridized carbons (Fsp3) is 0.158. The quantitative estimate of drug-likeness (QED) is 0.750. The SMILES string of the molecule is C=CC(=O)NN1C=Nc2ccc(-c3c(Cl)c(OC)cc(OC)c3Cl)cc2C1. The predicted octanol–water partition coefficient (Wildman–Crippen LogP) is 4.37. The summed E-state index contributed by atoms with van der Waals surface area (Å²) in [6, 6.07) is 7.31. The van der Waals surface area contributed by atoms with Crippen LogP contribution in [0.15, 0.2) is 41.9 Å². The molecule has 2 aromatic rings. The van der Waals surface area contributed by atoms with Gasteiger partial charge in [-0.1, -0.05) is 35.8 Å². The number of methoxy groups -OCH3 is 2. The van der Waals surface area contributed by atoms with Crippen molar-refractivity contribution >= 4 is 41.1 Å². The fourth-order valence-electron chi connectivity index (χ4n) is 2.74. The van der Waals surface area contributed by atoms with Crippen LogP contribution in [-0.4, -0.2) is 31.5 Å². The van der Waals surface area contributed by atoms with Crippen LogP contribution >= 0.6 is 23.2 Å². The maximum Gasteiger partial charge on any atom is 0.261 e. The van der Waals surface area contributed by atoms with Crippen LogP contribution in [0.4, 0.5) is 5.69 Å². The number of hydrogen-bond acceptors (Lipinski definition) is 5. The molecule has 0 atom stereocenters. The second-order valence-corrected chi connectivity index (χ2v) is 6.44. The maximum atomic E-state index is 11.5. The zero-order valence-electron chi connectivity index (χ0n) is 14.8. The molecule has 0 unspecified atom stereocenters. The number of nitrogens with one attached hydrogen (secondary N) is 1. The molecule has 2 aromatic carbocycles. The summed E-state index contributed by atoms with van der Waals surface area (Å²) in [5, 5.41) is 2.35. The zero-order valence-corrected chi connectivity index (χ0v) is 16.3. The largest absolute Gasteiger partial charge is 0.495 e. The number of benzene rings is 2. The van der Waals surface area contributed by atoms with E-state index in [4.69, 9.17) is 32.7 Å². The van der Waals surface area contributed by atoms with Gasteiger partial charge in [0.05, 0.1) is 36.5 Å². The standard InChI is InChI=1S/C19H17Cl2N3O3/c1-4-16(25)23-24-9-12-7-11(5-6-13(12)22-10-24)17-18(20)14(26-2)8-15(27-3)19(17)21/h4-8,10H,1,9H2,2-3H3,(H,23,25). The van der Waals surface area contributed by atoms with E-state index in [9.17, 15) is 4.79 Å². The molecule has 1 amide bonds. The molecule has 3 rings (SSSR count). The van der Waals surface area contributed by atoms with E-state index in [0.29, 0.717) is 33.7 Å². The van der Waals surface area contributed by atoms with Crippen molar-refractivity contribution in [2.45, 2.75) is 6.54 Å². The number of amides is 1. The first-order valence-corrected chi connectivity index (χ1v) is 8.71. The number of ether oxygens (including phenoxy) is 2. The van der Waals surface area contributed by atoms with Crippen LogP contribution in [-0.2, 0) is 11.3 Å². The van der Waals surface area contributed by atoms with Crippen molar-refractivity contribution in [2.24, 2.45) is 4.99 Å². The Hall–Kier alpha value is -2.70. The lowest BCUT2D eigenvalue weighted by Gasteiger charge is -2.24. The first-order chi connectivity index (χ1) is 13.0. The van der Waals surface area contributed by atoms with Gasteiger partial charge in [-0.2, -0.15) is 0 Å². The molecule has 1 aliphatic rings. The summed E-state index contributed by atoms with van der Waals surface area (Å²) < 4.78 is 10.7. The molecule has 140 valence electrons. The zero-order chi connectivity index (χ0) is 19.6. The number of nitrogens with zero attached hydrogens (tertiary/aromatic N) is 2. The molecule has 0 fully saturated rings. The molecule has 0 bridgehead atoms. The van der Waals surface area contributed by atoms with Gasteiger partial charge in [-0.15, -0.1) is 0 Å². The molecule has 1 heterocycles. The van der Waals surface area contributed by atoms with Crippen LogP contribution in [0.1, 0.15) is 5.56 Å². The van der Waals surface area contributed by atoms with Crippen molar-refractivity contribution in [1.29, 1.82) is 0 Å². The highest BCUT2D eigenvalue weighted by atomic mass is 35.5. The van der Waals surface area contributed by atoms with Gasteiger partial charge in [0.15, 0.2) is 0 Å². The Bertz CT molecular complexity index is 916. The van der Waals surface area contributed by atoms with Crippen LogP contribution < -0.4 is 14.9 Å². The van der Waals surface area contributed by atoms with Crippen molar-refractivity contribution in [1.82, 2.24) is 10.4 Å². The molecule has 0 aromatic heterocycles. The smallest absolute Gasteiger partial charge is 0.261 e. The third kappa shape index (κ3) is 3.72. The van der Waals surface area contributed by atoms with E-state index in [2.05, 4.69) is 17.0 Å². The van der Waals surface area contributed by atoms with Crippen LogP contribution in [0.3, 0.4) is 0 Å². The highest BCUT2D eigenvalue weighted by Crippen LogP contribution is 2.46. The summed E-state index contributed by atoms with van der Waals surface area (Å²) in [5.41, 5.74) is 5.75. The van der Waals surface area contributed by atoms with Crippen LogP contribution in [0.2, 0.25) is 10.0 Å². The van der Waals surface area contributed by atoms with Crippen molar-refractivity contribution in [3.05, 3.63) is 52.5 Å². The van der Waals surface area contributed by atoms with Gasteiger partial charge < -0.3 is 9.47 Å². The Morgan fingerprint density at radius 1 is 1.22 bits per heavy atom. The maximum absolute atomic E-state index is 11.5. The minimum absolute atomic E-state index is 0.315. The Labute approximate surface area is 167 Å². The second kappa shape index (κ2) is 7.90. The lowest BCUT2D eigenvalue weighted by Crippen LogP contribution is -2.40. The number of hydrazine groups is 1. The average Bonchev–Trinajstić information content (AvgIpc) is 2.68. The summed E-state index contributed by atoms with van der Waals surface area (Å²) in [6.07, 6.45) is 2.75. The normalized spacial score (nSPS) is 12.4. The third-order valence-electron chi connectivity index (χ3n) is 4.06. The topological polar surface area (TPSA) is 63.2 Å². The summed E-state index contributed by atoms with van der Waals surface area (Å²) in [7, 11) is 3.06. The molecule has 0 saturated carbocycles.